The number of hydrogen-bond acceptors (Lipinski definition) is 4. The van der Waals surface area contributed by atoms with Gasteiger partial charge in [-0.15, -0.1) is 0 Å². The summed E-state index contributed by atoms with van der Waals surface area (Å²) in [5.41, 5.74) is 3.16. The van der Waals surface area contributed by atoms with Gasteiger partial charge in [0.25, 0.3) is 0 Å². The number of nitrogens with zero attached hydrogens (tertiary/aromatic N) is 1. The van der Waals surface area contributed by atoms with Gasteiger partial charge in [-0.2, -0.15) is 5.10 Å². The quantitative estimate of drug-likeness (QED) is 0.751. The van der Waals surface area contributed by atoms with Crippen LogP contribution in [0.5, 0.6) is 17.2 Å². The molecule has 0 fully saturated rings. The Balaban J connectivity index is 2.08. The van der Waals surface area contributed by atoms with Gasteiger partial charge in [-0.05, 0) is 25.1 Å². The van der Waals surface area contributed by atoms with E-state index >= 15 is 0 Å². The van der Waals surface area contributed by atoms with Crippen LogP contribution in [-0.4, -0.2) is 29.0 Å². The van der Waals surface area contributed by atoms with Crippen LogP contribution in [0, 0.1) is 0 Å². The van der Waals surface area contributed by atoms with Crippen molar-refractivity contribution in [3.8, 4) is 39.6 Å². The molecular weight excluding hydrogens is 292 g/mol. The van der Waals surface area contributed by atoms with Crippen molar-refractivity contribution >= 4 is 0 Å². The molecule has 0 spiro atoms. The van der Waals surface area contributed by atoms with E-state index in [0.29, 0.717) is 17.9 Å². The first-order valence-electron chi connectivity index (χ1n) is 7.37. The summed E-state index contributed by atoms with van der Waals surface area (Å²) < 4.78 is 10.8. The summed E-state index contributed by atoms with van der Waals surface area (Å²) in [4.78, 5) is 0. The van der Waals surface area contributed by atoms with Crippen molar-refractivity contribution in [3.05, 3.63) is 48.7 Å². The monoisotopic (exact) mass is 310 g/mol. The predicted molar refractivity (Wildman–Crippen MR) is 88.8 cm³/mol. The zero-order valence-corrected chi connectivity index (χ0v) is 13.0. The summed E-state index contributed by atoms with van der Waals surface area (Å²) in [5, 5.41) is 17.4. The van der Waals surface area contributed by atoms with Crippen molar-refractivity contribution < 1.29 is 14.6 Å². The lowest BCUT2D eigenvalue weighted by Gasteiger charge is -2.11. The Kier molecular flexibility index (Phi) is 4.19. The number of phenolic OH excluding ortho intramolecular Hbond substituents is 1. The van der Waals surface area contributed by atoms with E-state index in [-0.39, 0.29) is 5.75 Å². The van der Waals surface area contributed by atoms with Crippen LogP contribution < -0.4 is 9.47 Å². The van der Waals surface area contributed by atoms with Gasteiger partial charge in [-0.1, -0.05) is 18.2 Å². The average molecular weight is 310 g/mol. The molecular formula is C18H18N2O3. The number of hydrogen-bond donors (Lipinski definition) is 2. The number of methoxy groups -OCH3 is 1. The van der Waals surface area contributed by atoms with Gasteiger partial charge in [0.2, 0.25) is 0 Å². The third-order valence-corrected chi connectivity index (χ3v) is 3.59. The van der Waals surface area contributed by atoms with Gasteiger partial charge in [-0.25, -0.2) is 0 Å². The standard InChI is InChI=1S/C18H18N2O3/c1-3-23-12-8-9-14(16(21)10-12)18-15(11-19-20-18)13-6-4-5-7-17(13)22-2/h4-11,21H,3H2,1-2H3,(H,19,20). The fourth-order valence-electron chi connectivity index (χ4n) is 2.54. The van der Waals surface area contributed by atoms with E-state index < -0.39 is 0 Å². The predicted octanol–water partition coefficient (Wildman–Crippen LogP) is 3.86. The number of aromatic hydroxyl groups is 1. The molecule has 1 heterocycles. The molecule has 2 aromatic carbocycles. The highest BCUT2D eigenvalue weighted by atomic mass is 16.5. The molecule has 5 heteroatoms. The lowest BCUT2D eigenvalue weighted by Crippen LogP contribution is -1.92. The fraction of sp³-hybridized carbons (Fsp3) is 0.167. The Labute approximate surface area is 134 Å². The summed E-state index contributed by atoms with van der Waals surface area (Å²) in [6.07, 6.45) is 1.73. The molecule has 0 atom stereocenters. The zero-order chi connectivity index (χ0) is 16.2. The molecule has 0 aliphatic rings. The summed E-state index contributed by atoms with van der Waals surface area (Å²) >= 11 is 0. The number of aromatic nitrogens is 2. The SMILES string of the molecule is CCOc1ccc(-c2[nH]ncc2-c2ccccc2OC)c(O)c1. The number of benzene rings is 2. The molecule has 3 aromatic rings. The van der Waals surface area contributed by atoms with Crippen molar-refractivity contribution in [1.29, 1.82) is 0 Å². The van der Waals surface area contributed by atoms with Crippen LogP contribution in [0.2, 0.25) is 0 Å². The van der Waals surface area contributed by atoms with Crippen LogP contribution in [0.3, 0.4) is 0 Å². The molecule has 0 saturated carbocycles. The molecule has 5 nitrogen and oxygen atoms in total. The average Bonchev–Trinajstić information content (AvgIpc) is 3.04. The third-order valence-electron chi connectivity index (χ3n) is 3.59. The molecule has 0 amide bonds. The van der Waals surface area contributed by atoms with Crippen molar-refractivity contribution in [2.75, 3.05) is 13.7 Å². The lowest BCUT2D eigenvalue weighted by atomic mass is 10.0. The Morgan fingerprint density at radius 1 is 1.09 bits per heavy atom. The van der Waals surface area contributed by atoms with E-state index in [0.717, 1.165) is 22.6 Å². The Morgan fingerprint density at radius 2 is 1.91 bits per heavy atom. The summed E-state index contributed by atoms with van der Waals surface area (Å²) in [5.74, 6) is 1.52. The number of H-pyrrole nitrogens is 1. The van der Waals surface area contributed by atoms with E-state index in [1.54, 1.807) is 19.4 Å². The molecule has 2 N–H and O–H groups in total. The molecule has 0 aliphatic carbocycles. The van der Waals surface area contributed by atoms with Gasteiger partial charge in [0, 0.05) is 22.8 Å². The molecule has 0 saturated heterocycles. The van der Waals surface area contributed by atoms with E-state index in [1.807, 2.05) is 43.3 Å². The number of phenols is 1. The van der Waals surface area contributed by atoms with E-state index in [2.05, 4.69) is 10.2 Å². The van der Waals surface area contributed by atoms with Crippen molar-refractivity contribution in [1.82, 2.24) is 10.2 Å². The first-order chi connectivity index (χ1) is 11.2. The highest BCUT2D eigenvalue weighted by Gasteiger charge is 2.16. The largest absolute Gasteiger partial charge is 0.507 e. The topological polar surface area (TPSA) is 67.4 Å². The van der Waals surface area contributed by atoms with Crippen LogP contribution in [0.1, 0.15) is 6.92 Å². The molecule has 0 unspecified atom stereocenters. The minimum absolute atomic E-state index is 0.136. The van der Waals surface area contributed by atoms with Crippen molar-refractivity contribution in [2.24, 2.45) is 0 Å². The maximum Gasteiger partial charge on any atom is 0.128 e. The highest BCUT2D eigenvalue weighted by molar-refractivity contribution is 5.85. The second-order valence-corrected chi connectivity index (χ2v) is 4.97. The van der Waals surface area contributed by atoms with Crippen LogP contribution in [-0.2, 0) is 0 Å². The number of para-hydroxylation sites is 1. The number of nitrogens with one attached hydrogen (secondary N) is 1. The number of aromatic amines is 1. The number of ether oxygens (including phenoxy) is 2. The summed E-state index contributed by atoms with van der Waals surface area (Å²) in [7, 11) is 1.63. The highest BCUT2D eigenvalue weighted by Crippen LogP contribution is 2.39. The molecule has 23 heavy (non-hydrogen) atoms. The van der Waals surface area contributed by atoms with E-state index in [4.69, 9.17) is 9.47 Å². The molecule has 118 valence electrons. The van der Waals surface area contributed by atoms with Gasteiger partial charge in [0.1, 0.15) is 17.2 Å². The van der Waals surface area contributed by atoms with Crippen molar-refractivity contribution in [2.45, 2.75) is 6.92 Å². The van der Waals surface area contributed by atoms with Gasteiger partial charge in [0.15, 0.2) is 0 Å². The van der Waals surface area contributed by atoms with Crippen LogP contribution in [0.4, 0.5) is 0 Å². The first kappa shape index (κ1) is 15.0. The van der Waals surface area contributed by atoms with Crippen LogP contribution in [0.15, 0.2) is 48.7 Å². The zero-order valence-electron chi connectivity index (χ0n) is 13.0. The Bertz CT molecular complexity index is 812. The second-order valence-electron chi connectivity index (χ2n) is 4.97. The van der Waals surface area contributed by atoms with Gasteiger partial charge < -0.3 is 14.6 Å². The van der Waals surface area contributed by atoms with E-state index in [9.17, 15) is 5.11 Å². The molecule has 3 rings (SSSR count). The lowest BCUT2D eigenvalue weighted by molar-refractivity contribution is 0.338. The first-order valence-corrected chi connectivity index (χ1v) is 7.37. The van der Waals surface area contributed by atoms with Gasteiger partial charge >= 0.3 is 0 Å². The maximum atomic E-state index is 10.3. The summed E-state index contributed by atoms with van der Waals surface area (Å²) in [6, 6.07) is 12.9. The third kappa shape index (κ3) is 2.85. The van der Waals surface area contributed by atoms with Crippen LogP contribution >= 0.6 is 0 Å². The normalized spacial score (nSPS) is 10.5. The molecule has 0 bridgehead atoms. The van der Waals surface area contributed by atoms with Gasteiger partial charge in [-0.3, -0.25) is 5.10 Å². The van der Waals surface area contributed by atoms with Crippen molar-refractivity contribution in [3.63, 3.8) is 0 Å². The van der Waals surface area contributed by atoms with E-state index in [1.165, 1.54) is 0 Å². The Hall–Kier alpha value is -2.95. The maximum absolute atomic E-state index is 10.3. The minimum Gasteiger partial charge on any atom is -0.507 e. The smallest absolute Gasteiger partial charge is 0.128 e. The summed E-state index contributed by atoms with van der Waals surface area (Å²) in [6.45, 7) is 2.45. The molecule has 0 radical (unpaired) electrons. The molecule has 0 aliphatic heterocycles. The molecule has 1 aromatic heterocycles. The second kappa shape index (κ2) is 6.44. The number of rotatable bonds is 5. The Morgan fingerprint density at radius 3 is 2.65 bits per heavy atom. The van der Waals surface area contributed by atoms with Crippen LogP contribution in [0.25, 0.3) is 22.4 Å². The van der Waals surface area contributed by atoms with Gasteiger partial charge in [0.05, 0.1) is 25.6 Å². The minimum atomic E-state index is 0.136. The fourth-order valence-corrected chi connectivity index (χ4v) is 2.54.